The lowest BCUT2D eigenvalue weighted by molar-refractivity contribution is -0.282. The Morgan fingerprint density at radius 2 is 1.40 bits per heavy atom. The molecule has 26 heteroatoms. The van der Waals surface area contributed by atoms with Crippen LogP contribution < -0.4 is 15.4 Å². The molecule has 0 bridgehead atoms. The van der Waals surface area contributed by atoms with Gasteiger partial charge in [-0.1, -0.05) is 104 Å². The number of amides is 5. The van der Waals surface area contributed by atoms with Crippen LogP contribution in [0.2, 0.25) is 0 Å². The van der Waals surface area contributed by atoms with E-state index in [1.165, 1.54) is 50.4 Å². The van der Waals surface area contributed by atoms with Crippen molar-refractivity contribution in [1.82, 2.24) is 25.3 Å². The molecule has 2 aromatic rings. The average molecular weight is 1270 g/mol. The fraction of sp³-hybridized carbons (Fsp3) is 0.625. The third-order valence-corrected chi connectivity index (χ3v) is 16.1. The quantitative estimate of drug-likeness (QED) is 0.0508. The van der Waals surface area contributed by atoms with Crippen LogP contribution in [-0.4, -0.2) is 201 Å². The highest BCUT2D eigenvalue weighted by Crippen LogP contribution is 2.35. The van der Waals surface area contributed by atoms with Crippen LogP contribution in [0.15, 0.2) is 61.2 Å². The highest BCUT2D eigenvalue weighted by Gasteiger charge is 2.56. The van der Waals surface area contributed by atoms with Gasteiger partial charge in [0.15, 0.2) is 18.3 Å². The molecule has 0 saturated carbocycles. The number of likely N-dealkylation sites (tertiary alicyclic amines) is 1. The van der Waals surface area contributed by atoms with Gasteiger partial charge < -0.3 is 72.9 Å². The molecule has 2 fully saturated rings. The van der Waals surface area contributed by atoms with E-state index in [4.69, 9.17) is 47.4 Å². The second kappa shape index (κ2) is 35.1. The summed E-state index contributed by atoms with van der Waals surface area (Å²) in [6.07, 6.45) is -9.21. The predicted molar refractivity (Wildman–Crippen MR) is 323 cm³/mol. The monoisotopic (exact) mass is 1270 g/mol. The van der Waals surface area contributed by atoms with Crippen LogP contribution in [0.4, 0.5) is 4.79 Å². The van der Waals surface area contributed by atoms with E-state index >= 15 is 0 Å². The van der Waals surface area contributed by atoms with Gasteiger partial charge in [0, 0.05) is 55.6 Å². The zero-order chi connectivity index (χ0) is 67.4. The molecule has 26 nitrogen and oxygen atoms in total. The van der Waals surface area contributed by atoms with Gasteiger partial charge in [-0.05, 0) is 60.8 Å². The number of hydrogen-bond acceptors (Lipinski definition) is 21. The number of methoxy groups -OCH3 is 3. The second-order valence-corrected chi connectivity index (χ2v) is 23.3. The molecule has 3 N–H and O–H groups in total. The van der Waals surface area contributed by atoms with E-state index in [1.54, 1.807) is 77.8 Å². The lowest BCUT2D eigenvalue weighted by Gasteiger charge is -2.43. The summed E-state index contributed by atoms with van der Waals surface area (Å²) in [5, 5.41) is 16.8. The van der Waals surface area contributed by atoms with E-state index in [0.717, 1.165) is 32.8 Å². The van der Waals surface area contributed by atoms with Crippen molar-refractivity contribution in [3.8, 4) is 5.75 Å². The number of benzene rings is 2. The van der Waals surface area contributed by atoms with E-state index in [-0.39, 0.29) is 47.6 Å². The summed E-state index contributed by atoms with van der Waals surface area (Å²) < 4.78 is 56.2. The lowest BCUT2D eigenvalue weighted by atomic mass is 9.89. The molecule has 1 unspecified atom stereocenters. The third kappa shape index (κ3) is 19.7. The summed E-state index contributed by atoms with van der Waals surface area (Å²) in [7, 11) is 6.95. The minimum atomic E-state index is -1.84. The molecule has 2 aliphatic heterocycles. The molecule has 4 rings (SSSR count). The smallest absolute Gasteiger partial charge is 0.410 e. The largest absolute Gasteiger partial charge is 0.467 e. The molecule has 0 spiro atoms. The van der Waals surface area contributed by atoms with Crippen molar-refractivity contribution in [3.63, 3.8) is 0 Å². The Morgan fingerprint density at radius 1 is 0.778 bits per heavy atom. The van der Waals surface area contributed by atoms with Gasteiger partial charge in [0.1, 0.15) is 36.6 Å². The Labute approximate surface area is 527 Å². The average Bonchev–Trinajstić information content (AvgIpc) is 0.847. The number of rotatable bonds is 31. The molecule has 2 saturated heterocycles. The fourth-order valence-electron chi connectivity index (χ4n) is 11.4. The zero-order valence-electron chi connectivity index (χ0n) is 54.6. The van der Waals surface area contributed by atoms with Crippen LogP contribution in [0, 0.1) is 23.7 Å². The third-order valence-electron chi connectivity index (χ3n) is 16.1. The maximum absolute atomic E-state index is 14.9. The van der Waals surface area contributed by atoms with Crippen LogP contribution in [0.1, 0.15) is 129 Å². The number of esters is 5. The SMILES string of the molecule is C=CCOC(=O)c1cc(COC(=O)N(C)[C@H](C(=O)N[C@H](C(=O)N(C)[C@@H](C(C)CC)[C@@H](CC(=O)N2CCC[C@H]2[C@H](OC)[C@@H](C)C(=O)N[C@H](C)[C@@H](O)c2ccccc2)OC)C(C)C)C(C)C)ccc1O[C@@H]1O[C@H](C(=O)OC)[C@@H](OC(C)=O)[C@H](OC(C)=O)[C@H]1OC(C)=O. The van der Waals surface area contributed by atoms with Gasteiger partial charge in [0.25, 0.3) is 0 Å². The molecule has 2 aliphatic rings. The van der Waals surface area contributed by atoms with Gasteiger partial charge in [-0.25, -0.2) is 14.4 Å². The number of carbonyl (C=O) groups excluding carboxylic acids is 10. The van der Waals surface area contributed by atoms with Gasteiger partial charge in [-0.15, -0.1) is 0 Å². The standard InChI is InChI=1S/C64H93N5O21/c1-18-30-84-61(78)44-31-42(27-28-46(44)89-63-57(88-41(12)72)55(87-40(11)71)54(86-39(10)70)56(90-63)62(79)83-17)33-85-64(80)68(14)50(35(5)6)59(76)66-49(34(3)4)60(77)67(13)51(36(7)19-2)47(81-15)32-48(73)69-29-23-26-45(69)53(82-16)37(8)58(75)65-38(9)52(74)43-24-21-20-22-25-43/h18,20-22,24-25,27-28,31,34-38,45,47,49-57,63,74H,1,19,23,26,29-30,32-33H2,2-17H3,(H,65,75)(H,66,76)/t36?,37-,38-,45+,47-,49+,50+,51+,52-,53-,54+,55+,56+,57-,63-/m1/s1. The number of ether oxygens (including phenoxy) is 10. The summed E-state index contributed by atoms with van der Waals surface area (Å²) >= 11 is 0. The normalized spacial score (nSPS) is 21.1. The summed E-state index contributed by atoms with van der Waals surface area (Å²) in [4.78, 5) is 140. The van der Waals surface area contributed by atoms with Crippen molar-refractivity contribution in [3.05, 3.63) is 77.9 Å². The summed E-state index contributed by atoms with van der Waals surface area (Å²) in [6.45, 7) is 20.6. The Kier molecular flexibility index (Phi) is 29.1. The molecular formula is C64H93N5O21. The van der Waals surface area contributed by atoms with Crippen molar-refractivity contribution in [2.45, 2.75) is 188 Å². The van der Waals surface area contributed by atoms with Crippen LogP contribution in [0.3, 0.4) is 0 Å². The Hall–Kier alpha value is -7.68. The number of nitrogens with one attached hydrogen (secondary N) is 2. The number of carbonyl (C=O) groups is 10. The minimum absolute atomic E-state index is 0.122. The van der Waals surface area contributed by atoms with Gasteiger partial charge in [0.05, 0.1) is 55.9 Å². The fourth-order valence-corrected chi connectivity index (χ4v) is 11.4. The van der Waals surface area contributed by atoms with Crippen LogP contribution in [0.25, 0.3) is 0 Å². The summed E-state index contributed by atoms with van der Waals surface area (Å²) in [6, 6.07) is 8.85. The second-order valence-electron chi connectivity index (χ2n) is 23.3. The van der Waals surface area contributed by atoms with E-state index in [1.807, 2.05) is 19.9 Å². The first kappa shape index (κ1) is 74.8. The maximum Gasteiger partial charge on any atom is 0.410 e. The van der Waals surface area contributed by atoms with Gasteiger partial charge in [-0.3, -0.25) is 38.5 Å². The van der Waals surface area contributed by atoms with Crippen molar-refractivity contribution < 1.29 is 100 Å². The predicted octanol–water partition coefficient (Wildman–Crippen LogP) is 4.99. The lowest BCUT2D eigenvalue weighted by Crippen LogP contribution is -2.64. The molecule has 15 atom stereocenters. The van der Waals surface area contributed by atoms with E-state index in [2.05, 4.69) is 17.2 Å². The number of aliphatic hydroxyl groups is 1. The van der Waals surface area contributed by atoms with Crippen molar-refractivity contribution >= 4 is 59.6 Å². The number of likely N-dealkylation sites (N-methyl/N-ethyl adjacent to an activating group) is 2. The topological polar surface area (TPSA) is 317 Å². The molecule has 2 aromatic carbocycles. The van der Waals surface area contributed by atoms with Crippen LogP contribution in [-0.2, 0) is 87.6 Å². The molecule has 5 amide bonds. The highest BCUT2D eigenvalue weighted by molar-refractivity contribution is 5.93. The Morgan fingerprint density at radius 3 is 1.96 bits per heavy atom. The van der Waals surface area contributed by atoms with Gasteiger partial charge in [0.2, 0.25) is 36.0 Å². The first-order valence-electron chi connectivity index (χ1n) is 30.2. The van der Waals surface area contributed by atoms with E-state index < -0.39 is 151 Å². The van der Waals surface area contributed by atoms with Crippen molar-refractivity contribution in [2.75, 3.05) is 48.6 Å². The molecule has 2 heterocycles. The van der Waals surface area contributed by atoms with Gasteiger partial charge in [-0.2, -0.15) is 0 Å². The van der Waals surface area contributed by atoms with E-state index in [9.17, 15) is 53.1 Å². The number of hydrogen-bond donors (Lipinski definition) is 3. The van der Waals surface area contributed by atoms with Crippen LogP contribution >= 0.6 is 0 Å². The summed E-state index contributed by atoms with van der Waals surface area (Å²) in [5.41, 5.74) is 0.555. The molecular weight excluding hydrogens is 1170 g/mol. The molecule has 500 valence electrons. The van der Waals surface area contributed by atoms with Crippen molar-refractivity contribution in [2.24, 2.45) is 23.7 Å². The van der Waals surface area contributed by atoms with Gasteiger partial charge >= 0.3 is 35.9 Å². The minimum Gasteiger partial charge on any atom is -0.467 e. The van der Waals surface area contributed by atoms with Crippen molar-refractivity contribution in [1.29, 1.82) is 0 Å². The number of aliphatic hydroxyl groups excluding tert-OH is 1. The summed E-state index contributed by atoms with van der Waals surface area (Å²) in [5.74, 6) is -8.82. The first-order chi connectivity index (χ1) is 42.5. The molecule has 0 aromatic heterocycles. The maximum atomic E-state index is 14.9. The Bertz CT molecular complexity index is 2800. The van der Waals surface area contributed by atoms with Crippen LogP contribution in [0.5, 0.6) is 5.75 Å². The van der Waals surface area contributed by atoms with E-state index in [0.29, 0.717) is 31.4 Å². The highest BCUT2D eigenvalue weighted by atomic mass is 16.7. The number of nitrogens with zero attached hydrogens (tertiary/aromatic N) is 3. The first-order valence-corrected chi connectivity index (χ1v) is 30.2. The molecule has 0 aliphatic carbocycles. The molecule has 0 radical (unpaired) electrons. The zero-order valence-corrected chi connectivity index (χ0v) is 54.6. The Balaban J connectivity index is 1.53. The molecule has 90 heavy (non-hydrogen) atoms.